The number of aromatic nitrogens is 1. The molecule has 0 spiro atoms. The maximum absolute atomic E-state index is 10.9. The molecule has 0 aliphatic carbocycles. The zero-order valence-corrected chi connectivity index (χ0v) is 8.89. The molecule has 0 unspecified atom stereocenters. The highest BCUT2D eigenvalue weighted by Gasteiger charge is 2.02. The molecule has 1 rings (SSSR count). The van der Waals surface area contributed by atoms with E-state index in [1.807, 2.05) is 0 Å². The molecule has 14 heavy (non-hydrogen) atoms. The maximum Gasteiger partial charge on any atom is 0.239 e. The monoisotopic (exact) mass is 212 g/mol. The zero-order valence-electron chi connectivity index (χ0n) is 8.07. The molecule has 1 aromatic heterocycles. The molecule has 5 nitrogen and oxygen atoms in total. The topological polar surface area (TPSA) is 80.4 Å². The Kier molecular flexibility index (Phi) is 3.58. The van der Waals surface area contributed by atoms with E-state index in [1.54, 1.807) is 19.2 Å². The number of nitrogens with one attached hydrogen (secondary N) is 1. The average Bonchev–Trinajstić information content (AvgIpc) is 2.60. The van der Waals surface area contributed by atoms with Gasteiger partial charge in [-0.3, -0.25) is 4.79 Å². The first-order chi connectivity index (χ1) is 6.63. The predicted molar refractivity (Wildman–Crippen MR) is 57.2 cm³/mol. The fraction of sp³-hybridized carbons (Fsp3) is 0.375. The highest BCUT2D eigenvalue weighted by atomic mass is 32.1. The molecule has 0 fully saturated rings. The van der Waals surface area contributed by atoms with Crippen LogP contribution >= 0.6 is 11.3 Å². The SMILES string of the molecule is CCC(=O)N/N=C(\C)c1csc(N)n1. The van der Waals surface area contributed by atoms with Crippen molar-refractivity contribution < 1.29 is 4.79 Å². The van der Waals surface area contributed by atoms with Gasteiger partial charge in [0.2, 0.25) is 5.91 Å². The van der Waals surface area contributed by atoms with Gasteiger partial charge in [0.05, 0.1) is 11.4 Å². The molecule has 0 aliphatic heterocycles. The molecule has 0 bridgehead atoms. The number of anilines is 1. The van der Waals surface area contributed by atoms with Gasteiger partial charge in [-0.05, 0) is 6.92 Å². The highest BCUT2D eigenvalue weighted by Crippen LogP contribution is 2.11. The van der Waals surface area contributed by atoms with Crippen molar-refractivity contribution in [2.24, 2.45) is 5.10 Å². The highest BCUT2D eigenvalue weighted by molar-refractivity contribution is 7.13. The third kappa shape index (κ3) is 2.81. The summed E-state index contributed by atoms with van der Waals surface area (Å²) in [6.07, 6.45) is 0.413. The maximum atomic E-state index is 10.9. The molecule has 0 aliphatic rings. The number of nitrogens with two attached hydrogens (primary N) is 1. The summed E-state index contributed by atoms with van der Waals surface area (Å²) in [5, 5.41) is 6.18. The minimum absolute atomic E-state index is 0.118. The lowest BCUT2D eigenvalue weighted by Crippen LogP contribution is -2.17. The summed E-state index contributed by atoms with van der Waals surface area (Å²) in [6, 6.07) is 0. The second kappa shape index (κ2) is 4.71. The van der Waals surface area contributed by atoms with Crippen LogP contribution in [0.25, 0.3) is 0 Å². The molecular formula is C8H12N4OS. The largest absolute Gasteiger partial charge is 0.375 e. The van der Waals surface area contributed by atoms with Crippen LogP contribution in [0.1, 0.15) is 26.0 Å². The van der Waals surface area contributed by atoms with Gasteiger partial charge in [0.1, 0.15) is 0 Å². The van der Waals surface area contributed by atoms with Crippen molar-refractivity contribution in [2.75, 3.05) is 5.73 Å². The van der Waals surface area contributed by atoms with Crippen LogP contribution in [0.3, 0.4) is 0 Å². The summed E-state index contributed by atoms with van der Waals surface area (Å²) < 4.78 is 0. The van der Waals surface area contributed by atoms with Crippen LogP contribution < -0.4 is 11.2 Å². The number of hydrazone groups is 1. The fourth-order valence-electron chi connectivity index (χ4n) is 0.736. The molecule has 6 heteroatoms. The van der Waals surface area contributed by atoms with Crippen molar-refractivity contribution in [2.45, 2.75) is 20.3 Å². The second-order valence-corrected chi connectivity index (χ2v) is 3.55. The van der Waals surface area contributed by atoms with Crippen molar-refractivity contribution in [3.8, 4) is 0 Å². The van der Waals surface area contributed by atoms with E-state index in [-0.39, 0.29) is 5.91 Å². The van der Waals surface area contributed by atoms with E-state index >= 15 is 0 Å². The van der Waals surface area contributed by atoms with Crippen LogP contribution in [0.4, 0.5) is 5.13 Å². The lowest BCUT2D eigenvalue weighted by Gasteiger charge is -1.97. The third-order valence-corrected chi connectivity index (χ3v) is 2.24. The summed E-state index contributed by atoms with van der Waals surface area (Å²) in [5.41, 5.74) is 9.23. The molecule has 0 atom stereocenters. The van der Waals surface area contributed by atoms with Crippen LogP contribution in [0.5, 0.6) is 0 Å². The van der Waals surface area contributed by atoms with E-state index in [1.165, 1.54) is 11.3 Å². The Morgan fingerprint density at radius 2 is 2.50 bits per heavy atom. The molecular weight excluding hydrogens is 200 g/mol. The minimum Gasteiger partial charge on any atom is -0.375 e. The second-order valence-electron chi connectivity index (χ2n) is 2.66. The number of hydrogen-bond acceptors (Lipinski definition) is 5. The van der Waals surface area contributed by atoms with Crippen molar-refractivity contribution in [3.05, 3.63) is 11.1 Å². The van der Waals surface area contributed by atoms with E-state index in [0.717, 1.165) is 0 Å². The van der Waals surface area contributed by atoms with Gasteiger partial charge in [0, 0.05) is 11.8 Å². The lowest BCUT2D eigenvalue weighted by atomic mass is 10.3. The Balaban J connectivity index is 2.65. The summed E-state index contributed by atoms with van der Waals surface area (Å²) >= 11 is 1.35. The van der Waals surface area contributed by atoms with Crippen LogP contribution in [0.2, 0.25) is 0 Å². The quantitative estimate of drug-likeness (QED) is 0.579. The lowest BCUT2D eigenvalue weighted by molar-refractivity contribution is -0.120. The summed E-state index contributed by atoms with van der Waals surface area (Å²) in [4.78, 5) is 14.9. The fourth-order valence-corrected chi connectivity index (χ4v) is 1.34. The van der Waals surface area contributed by atoms with Gasteiger partial charge in [0.15, 0.2) is 5.13 Å². The third-order valence-electron chi connectivity index (χ3n) is 1.56. The minimum atomic E-state index is -0.118. The Labute approximate surface area is 86.0 Å². The van der Waals surface area contributed by atoms with Gasteiger partial charge in [0.25, 0.3) is 0 Å². The van der Waals surface area contributed by atoms with Crippen molar-refractivity contribution in [1.82, 2.24) is 10.4 Å². The Hall–Kier alpha value is -1.43. The number of carbonyl (C=O) groups is 1. The Morgan fingerprint density at radius 1 is 1.79 bits per heavy atom. The first-order valence-electron chi connectivity index (χ1n) is 4.18. The normalized spacial score (nSPS) is 11.4. The number of nitrogens with zero attached hydrogens (tertiary/aromatic N) is 2. The van der Waals surface area contributed by atoms with Crippen molar-refractivity contribution in [1.29, 1.82) is 0 Å². The summed E-state index contributed by atoms with van der Waals surface area (Å²) in [6.45, 7) is 3.53. The molecule has 1 heterocycles. The van der Waals surface area contributed by atoms with Gasteiger partial charge in [-0.15, -0.1) is 11.3 Å². The van der Waals surface area contributed by atoms with E-state index in [4.69, 9.17) is 5.73 Å². The van der Waals surface area contributed by atoms with Crippen LogP contribution in [0, 0.1) is 0 Å². The molecule has 0 aromatic carbocycles. The molecule has 1 aromatic rings. The van der Waals surface area contributed by atoms with Crippen LogP contribution in [0.15, 0.2) is 10.5 Å². The van der Waals surface area contributed by atoms with E-state index in [2.05, 4.69) is 15.5 Å². The number of rotatable bonds is 3. The van der Waals surface area contributed by atoms with E-state index < -0.39 is 0 Å². The molecule has 0 saturated carbocycles. The Morgan fingerprint density at radius 3 is 3.00 bits per heavy atom. The standard InChI is InChI=1S/C8H12N4OS/c1-3-7(13)12-11-5(2)6-4-14-8(9)10-6/h4H,3H2,1-2H3,(H2,9,10)(H,12,13)/b11-5+. The molecule has 76 valence electrons. The Bertz CT molecular complexity index is 358. The molecule has 0 radical (unpaired) electrons. The van der Waals surface area contributed by atoms with Gasteiger partial charge in [-0.2, -0.15) is 5.10 Å². The van der Waals surface area contributed by atoms with E-state index in [9.17, 15) is 4.79 Å². The number of carbonyl (C=O) groups excluding carboxylic acids is 1. The number of amides is 1. The number of hydrogen-bond donors (Lipinski definition) is 2. The summed E-state index contributed by atoms with van der Waals surface area (Å²) in [5.74, 6) is -0.118. The first kappa shape index (κ1) is 10.6. The molecule has 0 saturated heterocycles. The van der Waals surface area contributed by atoms with Crippen LogP contribution in [-0.2, 0) is 4.79 Å². The van der Waals surface area contributed by atoms with Gasteiger partial charge in [-0.1, -0.05) is 6.92 Å². The van der Waals surface area contributed by atoms with Crippen LogP contribution in [-0.4, -0.2) is 16.6 Å². The average molecular weight is 212 g/mol. The van der Waals surface area contributed by atoms with E-state index in [0.29, 0.717) is 23.0 Å². The number of thiazole rings is 1. The predicted octanol–water partition coefficient (Wildman–Crippen LogP) is 0.975. The zero-order chi connectivity index (χ0) is 10.6. The van der Waals surface area contributed by atoms with Gasteiger partial charge >= 0.3 is 0 Å². The van der Waals surface area contributed by atoms with Gasteiger partial charge < -0.3 is 5.73 Å². The van der Waals surface area contributed by atoms with Crippen molar-refractivity contribution >= 4 is 28.1 Å². The van der Waals surface area contributed by atoms with Crippen molar-refractivity contribution in [3.63, 3.8) is 0 Å². The first-order valence-corrected chi connectivity index (χ1v) is 5.06. The molecule has 3 N–H and O–H groups in total. The summed E-state index contributed by atoms with van der Waals surface area (Å²) in [7, 11) is 0. The smallest absolute Gasteiger partial charge is 0.239 e. The molecule has 1 amide bonds. The number of nitrogen functional groups attached to an aromatic ring is 1. The van der Waals surface area contributed by atoms with Gasteiger partial charge in [-0.25, -0.2) is 10.4 Å².